The Morgan fingerprint density at radius 2 is 1.66 bits per heavy atom. The standard InChI is InChI=1S/C28H34N4O3/c1-27(2,3)35-26(34)32-15-13-28(14-16-32)17-20(18-28)29-25(33)31-24-21-11-7-8-12-22(21)30-23(24)19-9-5-4-6-10-19/h4-12,20,30H,13-18H2,1-3H3,(H2,29,31,33). The molecular weight excluding hydrogens is 440 g/mol. The van der Waals surface area contributed by atoms with Gasteiger partial charge in [-0.1, -0.05) is 48.5 Å². The van der Waals surface area contributed by atoms with E-state index in [0.717, 1.165) is 53.5 Å². The summed E-state index contributed by atoms with van der Waals surface area (Å²) in [4.78, 5) is 30.6. The van der Waals surface area contributed by atoms with Crippen LogP contribution in [-0.4, -0.2) is 46.7 Å². The van der Waals surface area contributed by atoms with Crippen molar-refractivity contribution in [3.63, 3.8) is 0 Å². The number of benzene rings is 2. The lowest BCUT2D eigenvalue weighted by Gasteiger charge is -2.52. The molecule has 3 N–H and O–H groups in total. The molecule has 7 heteroatoms. The molecule has 2 aromatic carbocycles. The van der Waals surface area contributed by atoms with Gasteiger partial charge in [0, 0.05) is 35.6 Å². The molecule has 0 atom stereocenters. The average molecular weight is 475 g/mol. The molecule has 2 aliphatic rings. The maximum absolute atomic E-state index is 13.0. The molecule has 184 valence electrons. The first-order chi connectivity index (χ1) is 16.7. The van der Waals surface area contributed by atoms with E-state index in [9.17, 15) is 9.59 Å². The lowest BCUT2D eigenvalue weighted by molar-refractivity contribution is -0.0141. The molecule has 1 aliphatic heterocycles. The van der Waals surface area contributed by atoms with Crippen LogP contribution in [0.4, 0.5) is 15.3 Å². The lowest BCUT2D eigenvalue weighted by atomic mass is 9.60. The second-order valence-corrected chi connectivity index (χ2v) is 11.0. The Hall–Kier alpha value is -3.48. The number of aromatic nitrogens is 1. The van der Waals surface area contributed by atoms with Crippen molar-refractivity contribution in [3.05, 3.63) is 54.6 Å². The number of urea groups is 1. The highest BCUT2D eigenvalue weighted by molar-refractivity contribution is 6.07. The van der Waals surface area contributed by atoms with E-state index in [-0.39, 0.29) is 23.6 Å². The Morgan fingerprint density at radius 3 is 2.34 bits per heavy atom. The quantitative estimate of drug-likeness (QED) is 0.426. The Labute approximate surface area is 206 Å². The summed E-state index contributed by atoms with van der Waals surface area (Å²) in [6.07, 6.45) is 3.57. The molecule has 0 unspecified atom stereocenters. The normalized spacial score (nSPS) is 17.7. The molecule has 7 nitrogen and oxygen atoms in total. The largest absolute Gasteiger partial charge is 0.444 e. The molecule has 1 saturated heterocycles. The zero-order valence-electron chi connectivity index (χ0n) is 20.7. The molecule has 5 rings (SSSR count). The predicted octanol–water partition coefficient (Wildman–Crippen LogP) is 6.14. The number of carbonyl (C=O) groups is 2. The fraction of sp³-hybridized carbons (Fsp3) is 0.429. The number of amides is 3. The summed E-state index contributed by atoms with van der Waals surface area (Å²) in [5.74, 6) is 0. The van der Waals surface area contributed by atoms with E-state index in [1.165, 1.54) is 0 Å². The van der Waals surface area contributed by atoms with Crippen molar-refractivity contribution < 1.29 is 14.3 Å². The van der Waals surface area contributed by atoms with Crippen LogP contribution in [0, 0.1) is 5.41 Å². The SMILES string of the molecule is CC(C)(C)OC(=O)N1CCC2(CC1)CC(NC(=O)Nc1c(-c3ccccc3)[nH]c3ccccc13)C2. The maximum atomic E-state index is 13.0. The van der Waals surface area contributed by atoms with Crippen LogP contribution < -0.4 is 10.6 Å². The zero-order valence-corrected chi connectivity index (χ0v) is 20.7. The number of hydrogen-bond acceptors (Lipinski definition) is 3. The van der Waals surface area contributed by atoms with Gasteiger partial charge in [0.25, 0.3) is 0 Å². The van der Waals surface area contributed by atoms with Gasteiger partial charge in [0.1, 0.15) is 5.60 Å². The highest BCUT2D eigenvalue weighted by atomic mass is 16.6. The Morgan fingerprint density at radius 1 is 1.00 bits per heavy atom. The Kier molecular flexibility index (Phi) is 5.95. The number of nitrogens with zero attached hydrogens (tertiary/aromatic N) is 1. The van der Waals surface area contributed by atoms with Crippen LogP contribution in [0.2, 0.25) is 0 Å². The Balaban J connectivity index is 1.19. The summed E-state index contributed by atoms with van der Waals surface area (Å²) in [6.45, 7) is 7.10. The molecule has 1 aromatic heterocycles. The zero-order chi connectivity index (χ0) is 24.6. The van der Waals surface area contributed by atoms with Gasteiger partial charge in [-0.3, -0.25) is 0 Å². The first-order valence-corrected chi connectivity index (χ1v) is 12.4. The molecule has 3 aromatic rings. The third-order valence-electron chi connectivity index (χ3n) is 7.18. The average Bonchev–Trinajstić information content (AvgIpc) is 3.16. The fourth-order valence-corrected chi connectivity index (χ4v) is 5.41. The monoisotopic (exact) mass is 474 g/mol. The van der Waals surface area contributed by atoms with Gasteiger partial charge in [0.15, 0.2) is 0 Å². The fourth-order valence-electron chi connectivity index (χ4n) is 5.41. The topological polar surface area (TPSA) is 86.5 Å². The molecule has 0 bridgehead atoms. The van der Waals surface area contributed by atoms with Crippen molar-refractivity contribution in [2.45, 2.75) is 58.1 Å². The number of H-pyrrole nitrogens is 1. The summed E-state index contributed by atoms with van der Waals surface area (Å²) >= 11 is 0. The summed E-state index contributed by atoms with van der Waals surface area (Å²) in [5, 5.41) is 7.27. The molecule has 2 fully saturated rings. The highest BCUT2D eigenvalue weighted by Crippen LogP contribution is 2.49. The first-order valence-electron chi connectivity index (χ1n) is 12.4. The molecule has 1 spiro atoms. The second kappa shape index (κ2) is 8.95. The van der Waals surface area contributed by atoms with Crippen molar-refractivity contribution in [2.24, 2.45) is 5.41 Å². The molecule has 1 saturated carbocycles. The Bertz CT molecular complexity index is 1210. The van der Waals surface area contributed by atoms with Gasteiger partial charge < -0.3 is 25.3 Å². The number of nitrogens with one attached hydrogen (secondary N) is 3. The van der Waals surface area contributed by atoms with Gasteiger partial charge in [-0.25, -0.2) is 9.59 Å². The number of fused-ring (bicyclic) bond motifs is 1. The number of aromatic amines is 1. The third kappa shape index (κ3) is 4.99. The van der Waals surface area contributed by atoms with Crippen LogP contribution in [0.25, 0.3) is 22.2 Å². The van der Waals surface area contributed by atoms with Crippen molar-refractivity contribution in [2.75, 3.05) is 18.4 Å². The van der Waals surface area contributed by atoms with Crippen molar-refractivity contribution in [1.82, 2.24) is 15.2 Å². The van der Waals surface area contributed by atoms with Gasteiger partial charge in [-0.2, -0.15) is 0 Å². The van der Waals surface area contributed by atoms with Crippen molar-refractivity contribution in [1.29, 1.82) is 0 Å². The van der Waals surface area contributed by atoms with E-state index in [2.05, 4.69) is 15.6 Å². The number of anilines is 1. The highest BCUT2D eigenvalue weighted by Gasteiger charge is 2.47. The molecular formula is C28H34N4O3. The van der Waals surface area contributed by atoms with Gasteiger partial charge in [-0.05, 0) is 57.9 Å². The summed E-state index contributed by atoms with van der Waals surface area (Å²) in [6, 6.07) is 18.0. The van der Waals surface area contributed by atoms with Crippen LogP contribution in [0.1, 0.15) is 46.5 Å². The van der Waals surface area contributed by atoms with Gasteiger partial charge in [-0.15, -0.1) is 0 Å². The second-order valence-electron chi connectivity index (χ2n) is 11.0. The number of para-hydroxylation sites is 1. The minimum absolute atomic E-state index is 0.147. The predicted molar refractivity (Wildman–Crippen MR) is 138 cm³/mol. The molecule has 35 heavy (non-hydrogen) atoms. The third-order valence-corrected chi connectivity index (χ3v) is 7.18. The van der Waals surface area contributed by atoms with E-state index in [1.54, 1.807) is 0 Å². The van der Waals surface area contributed by atoms with Gasteiger partial charge >= 0.3 is 12.1 Å². The van der Waals surface area contributed by atoms with Gasteiger partial charge in [0.05, 0.1) is 11.4 Å². The van der Waals surface area contributed by atoms with Crippen LogP contribution in [0.5, 0.6) is 0 Å². The van der Waals surface area contributed by atoms with Gasteiger partial charge in [0.2, 0.25) is 0 Å². The molecule has 1 aliphatic carbocycles. The number of piperidine rings is 1. The van der Waals surface area contributed by atoms with E-state index >= 15 is 0 Å². The smallest absolute Gasteiger partial charge is 0.410 e. The van der Waals surface area contributed by atoms with Crippen LogP contribution in [0.3, 0.4) is 0 Å². The van der Waals surface area contributed by atoms with Crippen molar-refractivity contribution in [3.8, 4) is 11.3 Å². The summed E-state index contributed by atoms with van der Waals surface area (Å²) in [7, 11) is 0. The molecule has 2 heterocycles. The minimum atomic E-state index is -0.476. The summed E-state index contributed by atoms with van der Waals surface area (Å²) < 4.78 is 5.51. The lowest BCUT2D eigenvalue weighted by Crippen LogP contribution is -2.56. The minimum Gasteiger partial charge on any atom is -0.444 e. The van der Waals surface area contributed by atoms with E-state index in [0.29, 0.717) is 13.1 Å². The summed E-state index contributed by atoms with van der Waals surface area (Å²) in [5.41, 5.74) is 3.45. The van der Waals surface area contributed by atoms with E-state index < -0.39 is 5.60 Å². The number of hydrogen-bond donors (Lipinski definition) is 3. The van der Waals surface area contributed by atoms with E-state index in [4.69, 9.17) is 4.74 Å². The van der Waals surface area contributed by atoms with Crippen molar-refractivity contribution >= 4 is 28.7 Å². The number of ether oxygens (including phenoxy) is 1. The van der Waals surface area contributed by atoms with Crippen LogP contribution in [0.15, 0.2) is 54.6 Å². The number of carbonyl (C=O) groups excluding carboxylic acids is 2. The van der Waals surface area contributed by atoms with Crippen LogP contribution in [-0.2, 0) is 4.74 Å². The number of rotatable bonds is 3. The van der Waals surface area contributed by atoms with Crippen LogP contribution >= 0.6 is 0 Å². The number of likely N-dealkylation sites (tertiary alicyclic amines) is 1. The molecule has 3 amide bonds. The maximum Gasteiger partial charge on any atom is 0.410 e. The first kappa shape index (κ1) is 23.3. The molecule has 0 radical (unpaired) electrons. The van der Waals surface area contributed by atoms with E-state index in [1.807, 2.05) is 80.3 Å².